The molecule has 0 radical (unpaired) electrons. The summed E-state index contributed by atoms with van der Waals surface area (Å²) in [6, 6.07) is 11.0. The van der Waals surface area contributed by atoms with E-state index >= 15 is 0 Å². The molecule has 1 saturated heterocycles. The summed E-state index contributed by atoms with van der Waals surface area (Å²) in [4.78, 5) is 24.2. The van der Waals surface area contributed by atoms with Gasteiger partial charge < -0.3 is 19.7 Å². The highest BCUT2D eigenvalue weighted by Crippen LogP contribution is 2.30. The molecular formula is C27H31N7O3. The Morgan fingerprint density at radius 1 is 1.19 bits per heavy atom. The lowest BCUT2D eigenvalue weighted by Gasteiger charge is -2.29. The highest BCUT2D eigenvalue weighted by atomic mass is 16.5. The summed E-state index contributed by atoms with van der Waals surface area (Å²) >= 11 is 0. The van der Waals surface area contributed by atoms with Crippen molar-refractivity contribution in [2.45, 2.75) is 46.1 Å². The number of anilines is 2. The quantitative estimate of drug-likeness (QED) is 0.512. The molecule has 0 spiro atoms. The van der Waals surface area contributed by atoms with Gasteiger partial charge >= 0.3 is 0 Å². The van der Waals surface area contributed by atoms with Gasteiger partial charge in [0.15, 0.2) is 11.6 Å². The first-order valence-electron chi connectivity index (χ1n) is 12.2. The molecule has 4 rings (SSSR count). The molecule has 192 valence electrons. The van der Waals surface area contributed by atoms with E-state index in [1.165, 1.54) is 6.20 Å². The lowest BCUT2D eigenvalue weighted by molar-refractivity contribution is 0.102. The average molecular weight is 502 g/mol. The van der Waals surface area contributed by atoms with E-state index < -0.39 is 5.41 Å². The number of carbonyl (C=O) groups excluding carboxylic acids is 1. The maximum Gasteiger partial charge on any atom is 0.277 e. The van der Waals surface area contributed by atoms with Crippen LogP contribution in [0.5, 0.6) is 5.88 Å². The second-order valence-electron chi connectivity index (χ2n) is 9.68. The minimum Gasteiger partial charge on any atom is -0.471 e. The van der Waals surface area contributed by atoms with Crippen molar-refractivity contribution < 1.29 is 14.3 Å². The molecule has 0 saturated carbocycles. The molecule has 1 fully saturated rings. The number of morpholine rings is 1. The van der Waals surface area contributed by atoms with E-state index in [-0.39, 0.29) is 12.0 Å². The van der Waals surface area contributed by atoms with Gasteiger partial charge in [-0.05, 0) is 64.4 Å². The molecule has 0 bridgehead atoms. The summed E-state index contributed by atoms with van der Waals surface area (Å²) in [5.74, 6) is 1.14. The fourth-order valence-electron chi connectivity index (χ4n) is 3.82. The van der Waals surface area contributed by atoms with Crippen LogP contribution in [0.4, 0.5) is 11.5 Å². The minimum atomic E-state index is -0.804. The first-order chi connectivity index (χ1) is 17.7. The van der Waals surface area contributed by atoms with Crippen LogP contribution in [0.25, 0.3) is 11.4 Å². The van der Waals surface area contributed by atoms with Crippen molar-refractivity contribution in [3.63, 3.8) is 0 Å². The monoisotopic (exact) mass is 501 g/mol. The zero-order chi connectivity index (χ0) is 26.6. The van der Waals surface area contributed by atoms with E-state index in [4.69, 9.17) is 14.5 Å². The van der Waals surface area contributed by atoms with Crippen LogP contribution in [0.2, 0.25) is 0 Å². The number of hydrogen-bond donors (Lipinski definition) is 1. The van der Waals surface area contributed by atoms with Crippen molar-refractivity contribution in [1.82, 2.24) is 20.2 Å². The molecule has 10 heteroatoms. The molecule has 1 aliphatic heterocycles. The Bertz CT molecular complexity index is 1330. The number of benzene rings is 1. The van der Waals surface area contributed by atoms with Gasteiger partial charge in [-0.25, -0.2) is 4.98 Å². The number of pyridine rings is 1. The maximum atomic E-state index is 13.0. The third kappa shape index (κ3) is 6.01. The summed E-state index contributed by atoms with van der Waals surface area (Å²) in [5, 5.41) is 21.0. The van der Waals surface area contributed by atoms with Gasteiger partial charge in [-0.2, -0.15) is 5.26 Å². The standard InChI is InChI=1S/C27H31N7O3/c1-17(2)37-26-24(34-10-12-36-13-11-34)31-23(32-33-26)21-15-20(7-6-18(21)3)30-25(35)19-8-9-29-22(14-19)27(4,5)16-28/h6-9,14-15,17H,10-13H2,1-5H3,(H,30,35). The van der Waals surface area contributed by atoms with Gasteiger partial charge in [-0.1, -0.05) is 6.07 Å². The largest absolute Gasteiger partial charge is 0.471 e. The molecule has 1 amide bonds. The number of aromatic nitrogens is 4. The lowest BCUT2D eigenvalue weighted by atomic mass is 9.90. The lowest BCUT2D eigenvalue weighted by Crippen LogP contribution is -2.37. The second kappa shape index (κ2) is 10.9. The van der Waals surface area contributed by atoms with Crippen LogP contribution in [0.1, 0.15) is 49.3 Å². The topological polar surface area (TPSA) is 126 Å². The zero-order valence-corrected chi connectivity index (χ0v) is 21.8. The second-order valence-corrected chi connectivity index (χ2v) is 9.68. The number of rotatable bonds is 7. The van der Waals surface area contributed by atoms with Crippen molar-refractivity contribution >= 4 is 17.4 Å². The predicted octanol–water partition coefficient (Wildman–Crippen LogP) is 3.92. The summed E-state index contributed by atoms with van der Waals surface area (Å²) in [6.07, 6.45) is 1.46. The van der Waals surface area contributed by atoms with Crippen molar-refractivity contribution in [2.24, 2.45) is 0 Å². The normalized spacial score (nSPS) is 13.8. The van der Waals surface area contributed by atoms with Crippen LogP contribution in [0.15, 0.2) is 36.5 Å². The van der Waals surface area contributed by atoms with Gasteiger partial charge in [-0.3, -0.25) is 9.78 Å². The van der Waals surface area contributed by atoms with Crippen LogP contribution in [0.3, 0.4) is 0 Å². The Hall–Kier alpha value is -4.10. The smallest absolute Gasteiger partial charge is 0.277 e. The number of nitrogens with zero attached hydrogens (tertiary/aromatic N) is 6. The third-order valence-electron chi connectivity index (χ3n) is 5.97. The van der Waals surface area contributed by atoms with E-state index in [0.29, 0.717) is 60.8 Å². The van der Waals surface area contributed by atoms with Crippen LogP contribution in [0, 0.1) is 18.3 Å². The summed E-state index contributed by atoms with van der Waals surface area (Å²) < 4.78 is 11.4. The van der Waals surface area contributed by atoms with Crippen molar-refractivity contribution in [3.8, 4) is 23.3 Å². The number of aryl methyl sites for hydroxylation is 1. The third-order valence-corrected chi connectivity index (χ3v) is 5.97. The Labute approximate surface area is 216 Å². The van der Waals surface area contributed by atoms with E-state index in [0.717, 1.165) is 11.1 Å². The Morgan fingerprint density at radius 2 is 1.95 bits per heavy atom. The van der Waals surface area contributed by atoms with E-state index in [9.17, 15) is 10.1 Å². The Kier molecular flexibility index (Phi) is 7.64. The maximum absolute atomic E-state index is 13.0. The van der Waals surface area contributed by atoms with Gasteiger partial charge in [0.1, 0.15) is 0 Å². The molecule has 0 unspecified atom stereocenters. The number of nitriles is 1. The molecule has 0 aliphatic carbocycles. The molecule has 37 heavy (non-hydrogen) atoms. The zero-order valence-electron chi connectivity index (χ0n) is 21.8. The van der Waals surface area contributed by atoms with Crippen molar-refractivity contribution in [2.75, 3.05) is 36.5 Å². The van der Waals surface area contributed by atoms with Crippen molar-refractivity contribution in [3.05, 3.63) is 53.3 Å². The van der Waals surface area contributed by atoms with Gasteiger partial charge in [0, 0.05) is 36.1 Å². The van der Waals surface area contributed by atoms with Crippen LogP contribution < -0.4 is 15.0 Å². The van der Waals surface area contributed by atoms with Crippen LogP contribution in [-0.4, -0.2) is 58.5 Å². The number of carbonyl (C=O) groups is 1. The minimum absolute atomic E-state index is 0.0746. The highest BCUT2D eigenvalue weighted by Gasteiger charge is 2.24. The van der Waals surface area contributed by atoms with Gasteiger partial charge in [-0.15, -0.1) is 10.2 Å². The molecule has 0 atom stereocenters. The predicted molar refractivity (Wildman–Crippen MR) is 140 cm³/mol. The van der Waals surface area contributed by atoms with Gasteiger partial charge in [0.25, 0.3) is 11.8 Å². The number of hydrogen-bond acceptors (Lipinski definition) is 9. The van der Waals surface area contributed by atoms with Crippen LogP contribution in [-0.2, 0) is 10.2 Å². The molecule has 3 aromatic rings. The summed E-state index contributed by atoms with van der Waals surface area (Å²) in [5.41, 5.74) is 2.41. The molecule has 10 nitrogen and oxygen atoms in total. The molecular weight excluding hydrogens is 470 g/mol. The molecule has 1 aromatic carbocycles. The van der Waals surface area contributed by atoms with Crippen molar-refractivity contribution in [1.29, 1.82) is 5.26 Å². The van der Waals surface area contributed by atoms with Gasteiger partial charge in [0.05, 0.1) is 36.5 Å². The summed E-state index contributed by atoms with van der Waals surface area (Å²) in [7, 11) is 0. The van der Waals surface area contributed by atoms with E-state index in [1.54, 1.807) is 26.0 Å². The number of ether oxygens (including phenoxy) is 2. The summed E-state index contributed by atoms with van der Waals surface area (Å²) in [6.45, 7) is 11.9. The first kappa shape index (κ1) is 26.0. The Balaban J connectivity index is 1.64. The fraction of sp³-hybridized carbons (Fsp3) is 0.407. The van der Waals surface area contributed by atoms with Crippen LogP contribution >= 0.6 is 0 Å². The molecule has 3 heterocycles. The van der Waals surface area contributed by atoms with Gasteiger partial charge in [0.2, 0.25) is 0 Å². The Morgan fingerprint density at radius 3 is 2.65 bits per heavy atom. The highest BCUT2D eigenvalue weighted by molar-refractivity contribution is 6.04. The molecule has 2 aromatic heterocycles. The van der Waals surface area contributed by atoms with E-state index in [1.807, 2.05) is 39.0 Å². The number of nitrogens with one attached hydrogen (secondary N) is 1. The number of amides is 1. The van der Waals surface area contributed by atoms with E-state index in [2.05, 4.69) is 31.5 Å². The molecule has 1 aliphatic rings. The first-order valence-corrected chi connectivity index (χ1v) is 12.2. The SMILES string of the molecule is Cc1ccc(NC(=O)c2ccnc(C(C)(C)C#N)c2)cc1-c1nnc(OC(C)C)c(N2CCOCC2)n1. The fourth-order valence-corrected chi connectivity index (χ4v) is 3.82. The average Bonchev–Trinajstić information content (AvgIpc) is 2.90. The molecule has 1 N–H and O–H groups in total.